The lowest BCUT2D eigenvalue weighted by molar-refractivity contribution is -0.121. The van der Waals surface area contributed by atoms with Gasteiger partial charge in [0.2, 0.25) is 5.91 Å². The quantitative estimate of drug-likeness (QED) is 0.219. The standard InChI is InChI=1S/C23H28BN3O7/c28-15-34-22-18(2-1-3-19(22)23(30)31)13-20(24(32)33)26-21(29)12-16-4-6-17(7-5-16)14-27-10-8-25-9-11-27/h1-7,15,20,25,32-33H,8-14H2,(H,26,29)(H,30,31)/t20-/m0/s1. The first-order valence-corrected chi connectivity index (χ1v) is 11.0. The molecule has 180 valence electrons. The molecule has 0 spiro atoms. The molecule has 1 saturated heterocycles. The van der Waals surface area contributed by atoms with E-state index in [1.54, 1.807) is 0 Å². The van der Waals surface area contributed by atoms with E-state index in [4.69, 9.17) is 4.74 Å². The van der Waals surface area contributed by atoms with Gasteiger partial charge in [0.15, 0.2) is 0 Å². The number of carbonyl (C=O) groups is 3. The van der Waals surface area contributed by atoms with E-state index in [1.165, 1.54) is 18.2 Å². The Labute approximate surface area is 197 Å². The molecule has 0 aliphatic carbocycles. The van der Waals surface area contributed by atoms with E-state index in [1.807, 2.05) is 24.3 Å². The van der Waals surface area contributed by atoms with Crippen LogP contribution in [0.15, 0.2) is 42.5 Å². The summed E-state index contributed by atoms with van der Waals surface area (Å²) in [5, 5.41) is 34.8. The third-order valence-electron chi connectivity index (χ3n) is 5.64. The lowest BCUT2D eigenvalue weighted by Crippen LogP contribution is -2.48. The summed E-state index contributed by atoms with van der Waals surface area (Å²) in [6, 6.07) is 11.9. The number of nitrogens with one attached hydrogen (secondary N) is 2. The Morgan fingerprint density at radius 2 is 1.79 bits per heavy atom. The normalized spacial score (nSPS) is 14.8. The molecule has 1 atom stereocenters. The van der Waals surface area contributed by atoms with Crippen LogP contribution >= 0.6 is 0 Å². The third kappa shape index (κ3) is 7.13. The molecule has 0 aromatic heterocycles. The zero-order valence-electron chi connectivity index (χ0n) is 18.6. The van der Waals surface area contributed by atoms with Gasteiger partial charge in [-0.1, -0.05) is 36.4 Å². The summed E-state index contributed by atoms with van der Waals surface area (Å²) in [5.74, 6) is -3.08. The summed E-state index contributed by atoms with van der Waals surface area (Å²) in [5.41, 5.74) is 1.91. The van der Waals surface area contributed by atoms with Gasteiger partial charge in [-0.15, -0.1) is 0 Å². The van der Waals surface area contributed by atoms with Crippen molar-refractivity contribution in [3.63, 3.8) is 0 Å². The predicted octanol–water partition coefficient (Wildman–Crippen LogP) is -0.393. The number of carboxylic acids is 1. The Bertz CT molecular complexity index is 995. The molecule has 11 heteroatoms. The van der Waals surface area contributed by atoms with Gasteiger partial charge in [0.1, 0.15) is 11.3 Å². The second-order valence-electron chi connectivity index (χ2n) is 8.12. The van der Waals surface area contributed by atoms with E-state index in [2.05, 4.69) is 15.5 Å². The fourth-order valence-corrected chi connectivity index (χ4v) is 3.90. The average molecular weight is 469 g/mol. The first kappa shape index (κ1) is 25.4. The number of amides is 1. The van der Waals surface area contributed by atoms with Crippen LogP contribution in [0.1, 0.15) is 27.0 Å². The summed E-state index contributed by atoms with van der Waals surface area (Å²) in [6.45, 7) is 4.86. The van der Waals surface area contributed by atoms with Crippen molar-refractivity contribution in [2.45, 2.75) is 25.3 Å². The van der Waals surface area contributed by atoms with Crippen LogP contribution in [0.25, 0.3) is 0 Å². The van der Waals surface area contributed by atoms with Gasteiger partial charge in [-0.25, -0.2) is 4.79 Å². The Hall–Kier alpha value is -3.25. The highest BCUT2D eigenvalue weighted by atomic mass is 16.5. The predicted molar refractivity (Wildman–Crippen MR) is 124 cm³/mol. The maximum Gasteiger partial charge on any atom is 0.475 e. The average Bonchev–Trinajstić information content (AvgIpc) is 2.81. The summed E-state index contributed by atoms with van der Waals surface area (Å²) in [7, 11) is -1.91. The van der Waals surface area contributed by atoms with Gasteiger partial charge in [-0.05, 0) is 29.2 Å². The van der Waals surface area contributed by atoms with Gasteiger partial charge in [-0.3, -0.25) is 14.5 Å². The molecule has 0 unspecified atom stereocenters. The third-order valence-corrected chi connectivity index (χ3v) is 5.64. The minimum Gasteiger partial charge on any atom is -0.478 e. The molecule has 1 aliphatic heterocycles. The molecule has 34 heavy (non-hydrogen) atoms. The first-order valence-electron chi connectivity index (χ1n) is 11.0. The molecular weight excluding hydrogens is 441 g/mol. The first-order chi connectivity index (χ1) is 16.4. The smallest absolute Gasteiger partial charge is 0.475 e. The number of para-hydroxylation sites is 1. The topological polar surface area (TPSA) is 148 Å². The van der Waals surface area contributed by atoms with Crippen LogP contribution in [0.2, 0.25) is 0 Å². The summed E-state index contributed by atoms with van der Waals surface area (Å²) in [4.78, 5) is 37.2. The minimum atomic E-state index is -1.91. The van der Waals surface area contributed by atoms with Crippen LogP contribution in [0.3, 0.4) is 0 Å². The molecule has 1 amide bonds. The van der Waals surface area contributed by atoms with Crippen LogP contribution in [0.4, 0.5) is 0 Å². The largest absolute Gasteiger partial charge is 0.478 e. The number of carbonyl (C=O) groups excluding carboxylic acids is 2. The van der Waals surface area contributed by atoms with Crippen LogP contribution in [-0.4, -0.2) is 77.6 Å². The van der Waals surface area contributed by atoms with Crippen molar-refractivity contribution in [3.8, 4) is 5.75 Å². The summed E-state index contributed by atoms with van der Waals surface area (Å²) in [6.07, 6.45) is -0.124. The van der Waals surface area contributed by atoms with E-state index < -0.39 is 24.9 Å². The maximum atomic E-state index is 12.6. The molecule has 5 N–H and O–H groups in total. The number of hydrogen-bond donors (Lipinski definition) is 5. The highest BCUT2D eigenvalue weighted by Crippen LogP contribution is 2.25. The van der Waals surface area contributed by atoms with Crippen LogP contribution in [0, 0.1) is 0 Å². The van der Waals surface area contributed by atoms with Crippen molar-refractivity contribution >= 4 is 25.5 Å². The molecule has 10 nitrogen and oxygen atoms in total. The summed E-state index contributed by atoms with van der Waals surface area (Å²) >= 11 is 0. The highest BCUT2D eigenvalue weighted by molar-refractivity contribution is 6.43. The molecule has 0 radical (unpaired) electrons. The number of benzene rings is 2. The molecule has 1 fully saturated rings. The molecule has 0 bridgehead atoms. The molecular formula is C23H28BN3O7. The number of ether oxygens (including phenoxy) is 1. The minimum absolute atomic E-state index is 0.0317. The number of nitrogens with zero attached hydrogens (tertiary/aromatic N) is 1. The van der Waals surface area contributed by atoms with Gasteiger partial charge in [-0.2, -0.15) is 0 Å². The zero-order chi connectivity index (χ0) is 24.5. The molecule has 2 aromatic carbocycles. The molecule has 1 heterocycles. The van der Waals surface area contributed by atoms with Crippen molar-refractivity contribution in [1.29, 1.82) is 0 Å². The molecule has 3 rings (SSSR count). The fourth-order valence-electron chi connectivity index (χ4n) is 3.90. The van der Waals surface area contributed by atoms with Crippen molar-refractivity contribution in [3.05, 3.63) is 64.7 Å². The van der Waals surface area contributed by atoms with E-state index >= 15 is 0 Å². The van der Waals surface area contributed by atoms with E-state index in [-0.39, 0.29) is 36.2 Å². The monoisotopic (exact) mass is 469 g/mol. The fraction of sp³-hybridized carbons (Fsp3) is 0.348. The Balaban J connectivity index is 1.62. The second kappa shape index (κ2) is 12.3. The number of aromatic carboxylic acids is 1. The van der Waals surface area contributed by atoms with Crippen LogP contribution < -0.4 is 15.4 Å². The van der Waals surface area contributed by atoms with Crippen molar-refractivity contribution in [1.82, 2.24) is 15.5 Å². The molecule has 2 aromatic rings. The van der Waals surface area contributed by atoms with Gasteiger partial charge in [0.05, 0.1) is 12.4 Å². The van der Waals surface area contributed by atoms with E-state index in [0.29, 0.717) is 0 Å². The number of piperazine rings is 1. The van der Waals surface area contributed by atoms with Gasteiger partial charge in [0.25, 0.3) is 6.47 Å². The van der Waals surface area contributed by atoms with Crippen molar-refractivity contribution in [2.75, 3.05) is 26.2 Å². The Kier molecular flexibility index (Phi) is 9.17. The van der Waals surface area contributed by atoms with Crippen LogP contribution in [0.5, 0.6) is 5.75 Å². The Morgan fingerprint density at radius 3 is 2.41 bits per heavy atom. The molecule has 1 aliphatic rings. The van der Waals surface area contributed by atoms with E-state index in [9.17, 15) is 29.5 Å². The van der Waals surface area contributed by atoms with Gasteiger partial charge in [0, 0.05) is 32.7 Å². The van der Waals surface area contributed by atoms with Crippen molar-refractivity contribution in [2.24, 2.45) is 0 Å². The number of rotatable bonds is 11. The Morgan fingerprint density at radius 1 is 1.12 bits per heavy atom. The van der Waals surface area contributed by atoms with Crippen molar-refractivity contribution < 1.29 is 34.3 Å². The van der Waals surface area contributed by atoms with Crippen LogP contribution in [-0.2, 0) is 29.0 Å². The maximum absolute atomic E-state index is 12.6. The summed E-state index contributed by atoms with van der Waals surface area (Å²) < 4.78 is 4.83. The van der Waals surface area contributed by atoms with Gasteiger partial charge < -0.3 is 30.5 Å². The highest BCUT2D eigenvalue weighted by Gasteiger charge is 2.28. The zero-order valence-corrected chi connectivity index (χ0v) is 18.6. The lowest BCUT2D eigenvalue weighted by Gasteiger charge is -2.27. The molecule has 0 saturated carbocycles. The number of carboxylic acid groups (broad SMARTS) is 1. The number of hydrogen-bond acceptors (Lipinski definition) is 8. The van der Waals surface area contributed by atoms with E-state index in [0.717, 1.165) is 43.9 Å². The lowest BCUT2D eigenvalue weighted by atomic mass is 9.75. The SMILES string of the molecule is O=COc1c(C[C@H](NC(=O)Cc2ccc(CN3CCNCC3)cc2)B(O)O)cccc1C(=O)O. The van der Waals surface area contributed by atoms with Gasteiger partial charge >= 0.3 is 13.1 Å². The second-order valence-corrected chi connectivity index (χ2v) is 8.12.